The first-order valence-electron chi connectivity index (χ1n) is 18.2. The topological polar surface area (TPSA) is 67.9 Å². The molecule has 1 aliphatic rings. The Hall–Kier alpha value is -3.79. The van der Waals surface area contributed by atoms with Gasteiger partial charge in [-0.1, -0.05) is 82.8 Å². The normalized spacial score (nSPS) is 13.7. The first kappa shape index (κ1) is 41.4. The number of rotatable bonds is 17. The summed E-state index contributed by atoms with van der Waals surface area (Å²) >= 11 is 25.9. The van der Waals surface area contributed by atoms with Gasteiger partial charge in [0.25, 0.3) is 5.82 Å². The Bertz CT molecular complexity index is 2110. The molecule has 3 aromatic carbocycles. The van der Waals surface area contributed by atoms with Gasteiger partial charge in [-0.25, -0.2) is 9.13 Å². The predicted octanol–water partition coefficient (Wildman–Crippen LogP) is 9.97. The highest BCUT2D eigenvalue weighted by Crippen LogP contribution is 2.45. The molecule has 12 heteroatoms. The van der Waals surface area contributed by atoms with Gasteiger partial charge in [0.05, 0.1) is 57.6 Å². The molecule has 2 heterocycles. The SMILES string of the molecule is CCN1C(=CC=CC=Cc2n(CC)c3cc(Cl)c(Cl)cc3[n+]2CCCOC(=O)Cc2ccc(C)c(CC(C)=O)c2)N(CCCOC)c2cc(Cl)c(Cl)cc21. The summed E-state index contributed by atoms with van der Waals surface area (Å²) in [6.45, 7) is 11.4. The molecule has 0 radical (unpaired) electrons. The fourth-order valence-electron chi connectivity index (χ4n) is 6.83. The summed E-state index contributed by atoms with van der Waals surface area (Å²) in [6.07, 6.45) is 12.1. The molecule has 0 aliphatic carbocycles. The minimum atomic E-state index is -0.307. The number of nitrogens with zero attached hydrogens (tertiary/aromatic N) is 4. The summed E-state index contributed by atoms with van der Waals surface area (Å²) in [5.41, 5.74) is 6.73. The van der Waals surface area contributed by atoms with Crippen LogP contribution in [0.1, 0.15) is 56.1 Å². The first-order chi connectivity index (χ1) is 26.0. The Morgan fingerprint density at radius 3 is 2.20 bits per heavy atom. The van der Waals surface area contributed by atoms with Gasteiger partial charge in [0, 0.05) is 57.9 Å². The van der Waals surface area contributed by atoms with Crippen molar-refractivity contribution in [1.29, 1.82) is 0 Å². The lowest BCUT2D eigenvalue weighted by Crippen LogP contribution is -2.37. The number of hydrogen-bond donors (Lipinski definition) is 0. The van der Waals surface area contributed by atoms with Crippen LogP contribution in [-0.2, 0) is 45.0 Å². The van der Waals surface area contributed by atoms with Crippen molar-refractivity contribution in [2.24, 2.45) is 0 Å². The summed E-state index contributed by atoms with van der Waals surface area (Å²) in [4.78, 5) is 29.0. The van der Waals surface area contributed by atoms with E-state index < -0.39 is 0 Å². The molecule has 5 rings (SSSR count). The van der Waals surface area contributed by atoms with Crippen LogP contribution in [0.5, 0.6) is 0 Å². The zero-order valence-corrected chi connectivity index (χ0v) is 34.5. The smallest absolute Gasteiger partial charge is 0.310 e. The third kappa shape index (κ3) is 9.71. The van der Waals surface area contributed by atoms with E-state index in [1.165, 1.54) is 0 Å². The van der Waals surface area contributed by atoms with Crippen molar-refractivity contribution in [3.8, 4) is 0 Å². The van der Waals surface area contributed by atoms with Gasteiger partial charge in [-0.15, -0.1) is 0 Å². The monoisotopic (exact) mass is 811 g/mol. The molecule has 0 fully saturated rings. The number of benzene rings is 3. The van der Waals surface area contributed by atoms with Crippen LogP contribution in [0.3, 0.4) is 0 Å². The number of anilines is 2. The number of aromatic nitrogens is 2. The van der Waals surface area contributed by atoms with E-state index in [1.807, 2.05) is 67.6 Å². The van der Waals surface area contributed by atoms with Gasteiger partial charge in [0.15, 0.2) is 11.0 Å². The van der Waals surface area contributed by atoms with Crippen molar-refractivity contribution >= 4 is 86.6 Å². The van der Waals surface area contributed by atoms with Gasteiger partial charge in [-0.2, -0.15) is 0 Å². The minimum absolute atomic E-state index is 0.0857. The highest BCUT2D eigenvalue weighted by Gasteiger charge is 2.31. The Balaban J connectivity index is 1.34. The van der Waals surface area contributed by atoms with Gasteiger partial charge in [-0.05, 0) is 69.0 Å². The molecule has 0 saturated carbocycles. The maximum atomic E-state index is 12.8. The van der Waals surface area contributed by atoms with E-state index in [9.17, 15) is 9.59 Å². The number of hydrogen-bond acceptors (Lipinski definition) is 6. The number of methoxy groups -OCH3 is 1. The van der Waals surface area contributed by atoms with Crippen LogP contribution in [0.15, 0.2) is 72.6 Å². The van der Waals surface area contributed by atoms with Crippen LogP contribution in [-0.4, -0.2) is 49.7 Å². The molecule has 0 amide bonds. The summed E-state index contributed by atoms with van der Waals surface area (Å²) in [5, 5.41) is 2.00. The summed E-state index contributed by atoms with van der Waals surface area (Å²) in [5.74, 6) is 1.77. The summed E-state index contributed by atoms with van der Waals surface area (Å²) in [7, 11) is 1.71. The minimum Gasteiger partial charge on any atom is -0.465 e. The first-order valence-corrected chi connectivity index (χ1v) is 19.7. The van der Waals surface area contributed by atoms with E-state index in [-0.39, 0.29) is 24.8 Å². The number of ether oxygens (including phenoxy) is 2. The van der Waals surface area contributed by atoms with E-state index in [0.717, 1.165) is 70.3 Å². The zero-order valence-electron chi connectivity index (χ0n) is 31.4. The van der Waals surface area contributed by atoms with Crippen molar-refractivity contribution in [3.05, 3.63) is 115 Å². The molecule has 4 aromatic rings. The van der Waals surface area contributed by atoms with Gasteiger partial charge >= 0.3 is 5.97 Å². The summed E-state index contributed by atoms with van der Waals surface area (Å²) < 4.78 is 15.4. The van der Waals surface area contributed by atoms with Crippen molar-refractivity contribution < 1.29 is 23.6 Å². The van der Waals surface area contributed by atoms with E-state index in [0.29, 0.717) is 52.6 Å². The van der Waals surface area contributed by atoms with E-state index in [2.05, 4.69) is 44.9 Å². The molecule has 1 aromatic heterocycles. The summed E-state index contributed by atoms with van der Waals surface area (Å²) in [6, 6.07) is 13.4. The number of imidazole rings is 1. The number of fused-ring (bicyclic) bond motifs is 2. The van der Waals surface area contributed by atoms with Crippen LogP contribution < -0.4 is 14.4 Å². The number of aryl methyl sites for hydroxylation is 3. The molecular weight excluding hydrogens is 766 g/mol. The molecule has 8 nitrogen and oxygen atoms in total. The highest BCUT2D eigenvalue weighted by molar-refractivity contribution is 6.43. The van der Waals surface area contributed by atoms with Crippen molar-refractivity contribution in [2.75, 3.05) is 43.2 Å². The molecule has 0 N–H and O–H groups in total. The second-order valence-electron chi connectivity index (χ2n) is 13.2. The molecule has 0 unspecified atom stereocenters. The van der Waals surface area contributed by atoms with Crippen LogP contribution in [0.25, 0.3) is 17.1 Å². The number of ketones is 1. The molecule has 0 spiro atoms. The fourth-order valence-corrected chi connectivity index (χ4v) is 7.46. The molecule has 0 atom stereocenters. The number of esters is 1. The van der Waals surface area contributed by atoms with E-state index in [1.54, 1.807) is 14.0 Å². The Morgan fingerprint density at radius 2 is 1.52 bits per heavy atom. The van der Waals surface area contributed by atoms with Crippen molar-refractivity contribution in [2.45, 2.75) is 66.5 Å². The van der Waals surface area contributed by atoms with Crippen LogP contribution in [0.2, 0.25) is 20.1 Å². The number of carbonyl (C=O) groups is 2. The molecule has 0 bridgehead atoms. The second-order valence-corrected chi connectivity index (χ2v) is 14.8. The molecular formula is C42H47Cl4N4O4+. The van der Waals surface area contributed by atoms with E-state index in [4.69, 9.17) is 55.9 Å². The lowest BCUT2D eigenvalue weighted by Gasteiger charge is -2.24. The predicted molar refractivity (Wildman–Crippen MR) is 222 cm³/mol. The average molecular weight is 814 g/mol. The average Bonchev–Trinajstić information content (AvgIpc) is 3.57. The lowest BCUT2D eigenvalue weighted by atomic mass is 9.99. The Labute approximate surface area is 338 Å². The Kier molecular flexibility index (Phi) is 14.7. The molecule has 54 heavy (non-hydrogen) atoms. The van der Waals surface area contributed by atoms with Crippen molar-refractivity contribution in [3.63, 3.8) is 0 Å². The van der Waals surface area contributed by atoms with Crippen LogP contribution in [0, 0.1) is 6.92 Å². The number of halogens is 4. The van der Waals surface area contributed by atoms with E-state index >= 15 is 0 Å². The van der Waals surface area contributed by atoms with Gasteiger partial charge in [-0.3, -0.25) is 9.59 Å². The second kappa shape index (κ2) is 19.2. The lowest BCUT2D eigenvalue weighted by molar-refractivity contribution is -0.674. The molecule has 0 saturated heterocycles. The maximum absolute atomic E-state index is 12.8. The maximum Gasteiger partial charge on any atom is 0.310 e. The van der Waals surface area contributed by atoms with Gasteiger partial charge in [0.1, 0.15) is 11.6 Å². The third-order valence-electron chi connectivity index (χ3n) is 9.37. The standard InChI is InChI=1S/C42H47Cl4N4O4/c1-6-47-36-24-32(43)34(45)26-38(36)49(17-11-19-53-5)40(47)13-9-8-10-14-41-48(7-2)37-25-33(44)35(46)27-39(37)50(41)18-12-20-54-42(52)23-30-16-15-28(3)31(22-30)21-29(4)51/h8-10,13-16,22,24-27H,6-7,11-12,17-21,23H2,1-5H3/q+1. The molecule has 1 aliphatic heterocycles. The zero-order chi connectivity index (χ0) is 38.9. The van der Waals surface area contributed by atoms with Gasteiger partial charge in [0.2, 0.25) is 0 Å². The highest BCUT2D eigenvalue weighted by atomic mass is 35.5. The van der Waals surface area contributed by atoms with Crippen molar-refractivity contribution in [1.82, 2.24) is 4.57 Å². The fraction of sp³-hybridized carbons (Fsp3) is 0.357. The number of Topliss-reactive ketones (excluding diaryl/α,β-unsaturated/α-hetero) is 1. The van der Waals surface area contributed by atoms with Crippen LogP contribution in [0.4, 0.5) is 11.4 Å². The Morgan fingerprint density at radius 1 is 0.815 bits per heavy atom. The number of allylic oxidation sites excluding steroid dienone is 4. The van der Waals surface area contributed by atoms with Crippen LogP contribution >= 0.6 is 46.4 Å². The third-order valence-corrected chi connectivity index (χ3v) is 10.8. The largest absolute Gasteiger partial charge is 0.465 e. The van der Waals surface area contributed by atoms with Gasteiger partial charge < -0.3 is 19.3 Å². The quantitative estimate of drug-likeness (QED) is 0.0458. The molecule has 286 valence electrons. The number of carbonyl (C=O) groups excluding carboxylic acids is 2.